The predicted molar refractivity (Wildman–Crippen MR) is 61.4 cm³/mol. The summed E-state index contributed by atoms with van der Waals surface area (Å²) in [5.41, 5.74) is 2.25. The molecule has 0 fully saturated rings. The number of nitrogens with zero attached hydrogens (tertiary/aromatic N) is 2. The van der Waals surface area contributed by atoms with Crippen LogP contribution < -0.4 is 5.32 Å². The lowest BCUT2D eigenvalue weighted by Crippen LogP contribution is -2.05. The summed E-state index contributed by atoms with van der Waals surface area (Å²) < 4.78 is 15.3. The number of hydrogen-bond acceptors (Lipinski definition) is 2. The van der Waals surface area contributed by atoms with E-state index in [1.807, 2.05) is 26.4 Å². The van der Waals surface area contributed by atoms with Gasteiger partial charge in [0, 0.05) is 30.9 Å². The fourth-order valence-electron chi connectivity index (χ4n) is 1.74. The molecule has 84 valence electrons. The lowest BCUT2D eigenvalue weighted by molar-refractivity contribution is 0.629. The number of halogens is 1. The van der Waals surface area contributed by atoms with E-state index < -0.39 is 0 Å². The van der Waals surface area contributed by atoms with Crippen molar-refractivity contribution in [3.05, 3.63) is 41.8 Å². The summed E-state index contributed by atoms with van der Waals surface area (Å²) in [6.45, 7) is 0.678. The van der Waals surface area contributed by atoms with Crippen molar-refractivity contribution in [3.63, 3.8) is 0 Å². The molecule has 2 aromatic rings. The first-order valence-electron chi connectivity index (χ1n) is 5.14. The lowest BCUT2D eigenvalue weighted by Gasteiger charge is -2.02. The van der Waals surface area contributed by atoms with Crippen LogP contribution in [0.3, 0.4) is 0 Å². The van der Waals surface area contributed by atoms with Gasteiger partial charge in [0.25, 0.3) is 0 Å². The third-order valence-electron chi connectivity index (χ3n) is 2.40. The Hall–Kier alpha value is -1.68. The molecule has 1 aromatic carbocycles. The van der Waals surface area contributed by atoms with Crippen molar-refractivity contribution in [2.45, 2.75) is 6.54 Å². The molecule has 1 aromatic heterocycles. The maximum Gasteiger partial charge on any atom is 0.132 e. The molecule has 0 unspecified atom stereocenters. The standard InChI is InChI=1S/C12H14FN3/c1-14-7-9-8-16(2)15-12(9)10-5-3-4-6-11(10)13/h3-6,8,14H,7H2,1-2H3. The summed E-state index contributed by atoms with van der Waals surface area (Å²) in [6, 6.07) is 6.69. The summed E-state index contributed by atoms with van der Waals surface area (Å²) >= 11 is 0. The highest BCUT2D eigenvalue weighted by atomic mass is 19.1. The van der Waals surface area contributed by atoms with Gasteiger partial charge in [-0.05, 0) is 19.2 Å². The monoisotopic (exact) mass is 219 g/mol. The highest BCUT2D eigenvalue weighted by Crippen LogP contribution is 2.24. The first-order valence-corrected chi connectivity index (χ1v) is 5.14. The predicted octanol–water partition coefficient (Wildman–Crippen LogP) is 1.95. The van der Waals surface area contributed by atoms with Gasteiger partial charge in [0.1, 0.15) is 5.82 Å². The Balaban J connectivity index is 2.51. The number of hydrogen-bond donors (Lipinski definition) is 1. The summed E-state index contributed by atoms with van der Waals surface area (Å²) in [5.74, 6) is -0.237. The van der Waals surface area contributed by atoms with Crippen LogP contribution in [-0.2, 0) is 13.6 Å². The molecule has 0 spiro atoms. The lowest BCUT2D eigenvalue weighted by atomic mass is 10.1. The molecule has 0 aliphatic rings. The van der Waals surface area contributed by atoms with Crippen LogP contribution in [0.4, 0.5) is 4.39 Å². The minimum Gasteiger partial charge on any atom is -0.316 e. The first kappa shape index (κ1) is 10.8. The van der Waals surface area contributed by atoms with Crippen molar-refractivity contribution >= 4 is 0 Å². The number of benzene rings is 1. The van der Waals surface area contributed by atoms with Crippen molar-refractivity contribution in [1.29, 1.82) is 0 Å². The molecular weight excluding hydrogens is 205 g/mol. The molecule has 0 amide bonds. The second-order valence-electron chi connectivity index (χ2n) is 3.69. The Morgan fingerprint density at radius 1 is 1.38 bits per heavy atom. The van der Waals surface area contributed by atoms with E-state index in [2.05, 4.69) is 10.4 Å². The molecule has 0 atom stereocenters. The van der Waals surface area contributed by atoms with E-state index in [1.165, 1.54) is 6.07 Å². The molecule has 0 saturated carbocycles. The van der Waals surface area contributed by atoms with Crippen LogP contribution in [0, 0.1) is 5.82 Å². The Labute approximate surface area is 93.9 Å². The SMILES string of the molecule is CNCc1cn(C)nc1-c1ccccc1F. The van der Waals surface area contributed by atoms with Crippen LogP contribution >= 0.6 is 0 Å². The summed E-state index contributed by atoms with van der Waals surface area (Å²) in [4.78, 5) is 0. The van der Waals surface area contributed by atoms with Gasteiger partial charge < -0.3 is 5.32 Å². The zero-order chi connectivity index (χ0) is 11.5. The molecule has 1 N–H and O–H groups in total. The van der Waals surface area contributed by atoms with Crippen LogP contribution in [0.2, 0.25) is 0 Å². The quantitative estimate of drug-likeness (QED) is 0.855. The zero-order valence-electron chi connectivity index (χ0n) is 9.37. The fraction of sp³-hybridized carbons (Fsp3) is 0.250. The van der Waals surface area contributed by atoms with Gasteiger partial charge in [-0.2, -0.15) is 5.10 Å². The fourth-order valence-corrected chi connectivity index (χ4v) is 1.74. The van der Waals surface area contributed by atoms with Gasteiger partial charge in [-0.15, -0.1) is 0 Å². The third-order valence-corrected chi connectivity index (χ3v) is 2.40. The summed E-state index contributed by atoms with van der Waals surface area (Å²) in [7, 11) is 3.70. The second-order valence-corrected chi connectivity index (χ2v) is 3.69. The number of aryl methyl sites for hydroxylation is 1. The van der Waals surface area contributed by atoms with E-state index in [1.54, 1.807) is 16.8 Å². The van der Waals surface area contributed by atoms with E-state index in [9.17, 15) is 4.39 Å². The van der Waals surface area contributed by atoms with E-state index in [0.29, 0.717) is 17.8 Å². The molecule has 0 bridgehead atoms. The molecule has 0 radical (unpaired) electrons. The zero-order valence-corrected chi connectivity index (χ0v) is 9.37. The molecule has 16 heavy (non-hydrogen) atoms. The Bertz CT molecular complexity index is 491. The van der Waals surface area contributed by atoms with Crippen molar-refractivity contribution < 1.29 is 4.39 Å². The van der Waals surface area contributed by atoms with Gasteiger partial charge in [-0.25, -0.2) is 4.39 Å². The van der Waals surface area contributed by atoms with Crippen LogP contribution in [0.15, 0.2) is 30.5 Å². The van der Waals surface area contributed by atoms with Crippen LogP contribution in [-0.4, -0.2) is 16.8 Å². The van der Waals surface area contributed by atoms with Crippen molar-refractivity contribution in [2.24, 2.45) is 7.05 Å². The average Bonchev–Trinajstić information content (AvgIpc) is 2.61. The van der Waals surface area contributed by atoms with E-state index >= 15 is 0 Å². The van der Waals surface area contributed by atoms with Gasteiger partial charge >= 0.3 is 0 Å². The highest BCUT2D eigenvalue weighted by Gasteiger charge is 2.12. The maximum atomic E-state index is 13.6. The van der Waals surface area contributed by atoms with Crippen molar-refractivity contribution in [1.82, 2.24) is 15.1 Å². The number of aromatic nitrogens is 2. The minimum absolute atomic E-state index is 0.237. The Kier molecular flexibility index (Phi) is 3.01. The van der Waals surface area contributed by atoms with Gasteiger partial charge in [0.15, 0.2) is 0 Å². The third kappa shape index (κ3) is 1.97. The smallest absolute Gasteiger partial charge is 0.132 e. The molecule has 0 saturated heterocycles. The molecule has 2 rings (SSSR count). The van der Waals surface area contributed by atoms with Crippen LogP contribution in [0.5, 0.6) is 0 Å². The van der Waals surface area contributed by atoms with Crippen LogP contribution in [0.25, 0.3) is 11.3 Å². The van der Waals surface area contributed by atoms with Gasteiger partial charge in [0.2, 0.25) is 0 Å². The van der Waals surface area contributed by atoms with Gasteiger partial charge in [-0.3, -0.25) is 4.68 Å². The Morgan fingerprint density at radius 2 is 2.12 bits per heavy atom. The van der Waals surface area contributed by atoms with E-state index in [0.717, 1.165) is 5.56 Å². The Morgan fingerprint density at radius 3 is 2.81 bits per heavy atom. The van der Waals surface area contributed by atoms with Gasteiger partial charge in [-0.1, -0.05) is 12.1 Å². The topological polar surface area (TPSA) is 29.9 Å². The normalized spacial score (nSPS) is 10.7. The molecule has 4 heteroatoms. The second kappa shape index (κ2) is 4.45. The minimum atomic E-state index is -0.237. The van der Waals surface area contributed by atoms with E-state index in [-0.39, 0.29) is 5.82 Å². The maximum absolute atomic E-state index is 13.6. The molecule has 1 heterocycles. The first-order chi connectivity index (χ1) is 7.72. The molecule has 0 aliphatic carbocycles. The van der Waals surface area contributed by atoms with Crippen molar-refractivity contribution in [3.8, 4) is 11.3 Å². The van der Waals surface area contributed by atoms with Crippen LogP contribution in [0.1, 0.15) is 5.56 Å². The van der Waals surface area contributed by atoms with E-state index in [4.69, 9.17) is 0 Å². The highest BCUT2D eigenvalue weighted by molar-refractivity contribution is 5.63. The van der Waals surface area contributed by atoms with Gasteiger partial charge in [0.05, 0.1) is 5.69 Å². The largest absolute Gasteiger partial charge is 0.316 e. The molecule has 0 aliphatic heterocycles. The molecular formula is C12H14FN3. The summed E-state index contributed by atoms with van der Waals surface area (Å²) in [6.07, 6.45) is 1.90. The number of nitrogens with one attached hydrogen (secondary N) is 1. The molecule has 3 nitrogen and oxygen atoms in total. The number of rotatable bonds is 3. The van der Waals surface area contributed by atoms with Crippen molar-refractivity contribution in [2.75, 3.05) is 7.05 Å². The average molecular weight is 219 g/mol. The summed E-state index contributed by atoms with van der Waals surface area (Å²) in [5, 5.41) is 7.35.